The summed E-state index contributed by atoms with van der Waals surface area (Å²) in [7, 11) is 6.29. The van der Waals surface area contributed by atoms with Crippen LogP contribution in [0.2, 0.25) is 0 Å². The molecular formula is C50H74N14O14S5. The molecule has 10 heterocycles. The molecule has 0 aliphatic carbocycles. The molecule has 10 saturated heterocycles. The number of amides is 14. The largest absolute Gasteiger partial charge is 0.368 e. The van der Waals surface area contributed by atoms with Gasteiger partial charge >= 0.3 is 0 Å². The van der Waals surface area contributed by atoms with Gasteiger partial charge in [0, 0.05) is 61.5 Å². The summed E-state index contributed by atoms with van der Waals surface area (Å²) in [5.41, 5.74) is 10.5. The SMILES string of the molecule is CCSSC[C@@H]1NC(=O)C2CCCN2C1=O.CSC[C@H](NC(=O)[C@@H]1CC(=O)N1)C(=O)N1CCC[C@H]1C(N)=O.NC(=O)[C@H]1CCCN1C(=O)CNC(=O)C1CC(=O)N1.O=C1N[C@@H](CSSC[C@@H]2NC(=O)[C@@H]3CCCN3C2=O)C(=O)N2CCC[C@H]12. The minimum Gasteiger partial charge on any atom is -0.368 e. The second kappa shape index (κ2) is 30.4. The standard InChI is InChI=1S/C16H22N4O4S2.C13H20N4O4S.C11H16N4O4.C10H16N2O2S2/c21-13-11-3-1-5-19(11)15(23)9(17-13)7-25-26-8-10-16(24)20-6-2-4-12(20)14(22)18-10;1-22-6-8(16-12(20)7-5-10(18)15-7)13(21)17-4-2-3-9(17)11(14)19;12-10(18)7-2-1-3-15(7)9(17)5-13-11(19)6-4-8(16)14-6;1-2-15-16-6-7-10(14)12-5-3-4-8(12)9(13)11-7/h9-12H,1-8H2,(H,17,21)(H,18,22);7-9H,2-6H2,1H3,(H2,14,19)(H,15,18)(H,16,20);6-7H,1-5H2,(H2,12,18)(H,13,19)(H,14,16);7-8H,2-6H2,1H3,(H,11,13)/t9-,10-,11-,12+;7-,8-,9-;6?,7-;7-,8?/m0010/s1. The number of rotatable bonds is 19. The Morgan fingerprint density at radius 3 is 1.33 bits per heavy atom. The minimum atomic E-state index is -0.722. The predicted molar refractivity (Wildman–Crippen MR) is 310 cm³/mol. The molecule has 14 amide bonds. The third-order valence-corrected chi connectivity index (χ3v) is 21.1. The number of hydrogen-bond donors (Lipinski definition) is 9. The van der Waals surface area contributed by atoms with E-state index >= 15 is 0 Å². The number of primary amides is 2. The van der Waals surface area contributed by atoms with Crippen molar-refractivity contribution in [2.24, 2.45) is 11.5 Å². The number of nitrogens with one attached hydrogen (secondary N) is 7. The van der Waals surface area contributed by atoms with Gasteiger partial charge in [0.05, 0.1) is 19.4 Å². The smallest absolute Gasteiger partial charge is 0.246 e. The van der Waals surface area contributed by atoms with Gasteiger partial charge in [-0.25, -0.2) is 0 Å². The molecule has 11 N–H and O–H groups in total. The highest BCUT2D eigenvalue weighted by atomic mass is 33.1. The zero-order valence-corrected chi connectivity index (χ0v) is 50.3. The monoisotopic (exact) mass is 1250 g/mol. The minimum absolute atomic E-state index is 0.0119. The van der Waals surface area contributed by atoms with Crippen LogP contribution in [0.5, 0.6) is 0 Å². The van der Waals surface area contributed by atoms with Crippen LogP contribution in [0.4, 0.5) is 0 Å². The molecule has 33 heteroatoms. The molecule has 11 atom stereocenters. The Hall–Kier alpha value is -5.67. The van der Waals surface area contributed by atoms with E-state index in [0.717, 1.165) is 63.7 Å². The van der Waals surface area contributed by atoms with Crippen molar-refractivity contribution in [2.45, 2.75) is 150 Å². The van der Waals surface area contributed by atoms with Gasteiger partial charge in [-0.2, -0.15) is 11.8 Å². The van der Waals surface area contributed by atoms with E-state index in [1.807, 2.05) is 6.26 Å². The van der Waals surface area contributed by atoms with Crippen LogP contribution in [-0.4, -0.2) is 248 Å². The molecule has 0 bridgehead atoms. The number of fused-ring (bicyclic) bond motifs is 3. The lowest BCUT2D eigenvalue weighted by atomic mass is 10.1. The first-order valence-corrected chi connectivity index (χ1v) is 34.2. The van der Waals surface area contributed by atoms with Gasteiger partial charge in [-0.1, -0.05) is 50.1 Å². The van der Waals surface area contributed by atoms with Crippen LogP contribution in [0.1, 0.15) is 84.0 Å². The normalized spacial score (nSPS) is 28.7. The van der Waals surface area contributed by atoms with E-state index < -0.39 is 54.1 Å². The van der Waals surface area contributed by atoms with E-state index in [1.54, 1.807) is 36.3 Å². The third kappa shape index (κ3) is 16.4. The van der Waals surface area contributed by atoms with Crippen molar-refractivity contribution >= 4 is 138 Å². The van der Waals surface area contributed by atoms with E-state index in [-0.39, 0.29) is 114 Å². The summed E-state index contributed by atoms with van der Waals surface area (Å²) in [6.45, 7) is 4.90. The lowest BCUT2D eigenvalue weighted by Gasteiger charge is -2.35. The number of likely N-dealkylation sites (tertiary alicyclic amines) is 2. The van der Waals surface area contributed by atoms with E-state index in [9.17, 15) is 67.1 Å². The second-order valence-corrected chi connectivity index (χ2v) is 27.4. The fourth-order valence-corrected chi connectivity index (χ4v) is 15.9. The van der Waals surface area contributed by atoms with Crippen LogP contribution in [0.15, 0.2) is 0 Å². The summed E-state index contributed by atoms with van der Waals surface area (Å²) in [5.74, 6) is 0.195. The average Bonchev–Trinajstić information content (AvgIpc) is 4.45. The number of nitrogens with zero attached hydrogens (tertiary/aromatic N) is 5. The maximum atomic E-state index is 12.6. The van der Waals surface area contributed by atoms with Crippen molar-refractivity contribution in [3.63, 3.8) is 0 Å². The summed E-state index contributed by atoms with van der Waals surface area (Å²) >= 11 is 1.42. The summed E-state index contributed by atoms with van der Waals surface area (Å²) in [5, 5.41) is 18.4. The Morgan fingerprint density at radius 2 is 0.928 bits per heavy atom. The lowest BCUT2D eigenvalue weighted by Crippen LogP contribution is -2.62. The highest BCUT2D eigenvalue weighted by Gasteiger charge is 2.46. The van der Waals surface area contributed by atoms with Crippen LogP contribution < -0.4 is 48.7 Å². The van der Waals surface area contributed by atoms with Crippen LogP contribution in [0.3, 0.4) is 0 Å². The third-order valence-electron chi connectivity index (χ3n) is 15.6. The van der Waals surface area contributed by atoms with Crippen molar-refractivity contribution in [3.8, 4) is 0 Å². The van der Waals surface area contributed by atoms with Gasteiger partial charge < -0.3 is 73.2 Å². The van der Waals surface area contributed by atoms with Crippen molar-refractivity contribution in [2.75, 3.05) is 74.3 Å². The van der Waals surface area contributed by atoms with Gasteiger partial charge in [-0.05, 0) is 70.5 Å². The number of β-lactam (4-membered cyclic amide) rings is 2. The summed E-state index contributed by atoms with van der Waals surface area (Å²) in [6, 6.07) is -5.12. The van der Waals surface area contributed by atoms with E-state index in [4.69, 9.17) is 11.5 Å². The maximum absolute atomic E-state index is 12.6. The number of piperazine rings is 3. The topological polar surface area (TPSA) is 391 Å². The molecule has 0 saturated carbocycles. The fourth-order valence-electron chi connectivity index (χ4n) is 11.2. The number of nitrogens with two attached hydrogens (primary N) is 2. The molecule has 0 aromatic rings. The Morgan fingerprint density at radius 1 is 0.542 bits per heavy atom. The highest BCUT2D eigenvalue weighted by Crippen LogP contribution is 2.31. The molecule has 458 valence electrons. The zero-order valence-electron chi connectivity index (χ0n) is 46.3. The Labute approximate surface area is 500 Å². The molecule has 10 rings (SSSR count). The maximum Gasteiger partial charge on any atom is 0.246 e. The van der Waals surface area contributed by atoms with E-state index in [2.05, 4.69) is 44.1 Å². The fraction of sp³-hybridized carbons (Fsp3) is 0.720. The zero-order chi connectivity index (χ0) is 60.1. The molecule has 0 spiro atoms. The molecule has 10 aliphatic heterocycles. The molecule has 0 aromatic carbocycles. The molecule has 10 fully saturated rings. The number of hydrogen-bond acceptors (Lipinski definition) is 19. The lowest BCUT2D eigenvalue weighted by molar-refractivity contribution is -0.146. The van der Waals surface area contributed by atoms with Crippen LogP contribution in [0, 0.1) is 0 Å². The van der Waals surface area contributed by atoms with E-state index in [0.29, 0.717) is 62.0 Å². The van der Waals surface area contributed by atoms with Gasteiger partial charge in [0.1, 0.15) is 66.5 Å². The molecule has 28 nitrogen and oxygen atoms in total. The van der Waals surface area contributed by atoms with Crippen LogP contribution in [-0.2, 0) is 67.1 Å². The Kier molecular flexibility index (Phi) is 23.8. The summed E-state index contributed by atoms with van der Waals surface area (Å²) < 4.78 is 0. The van der Waals surface area contributed by atoms with Gasteiger partial charge in [0.25, 0.3) is 0 Å². The van der Waals surface area contributed by atoms with E-state index in [1.165, 1.54) is 43.1 Å². The first-order chi connectivity index (χ1) is 39.7. The summed E-state index contributed by atoms with van der Waals surface area (Å²) in [6.07, 6.45) is 9.69. The summed E-state index contributed by atoms with van der Waals surface area (Å²) in [4.78, 5) is 173. The molecule has 0 radical (unpaired) electrons. The Balaban J connectivity index is 0.000000162. The van der Waals surface area contributed by atoms with Gasteiger partial charge in [0.15, 0.2) is 0 Å². The number of thioether (sulfide) groups is 1. The van der Waals surface area contributed by atoms with Gasteiger partial charge in [-0.3, -0.25) is 67.1 Å². The molecule has 83 heavy (non-hydrogen) atoms. The van der Waals surface area contributed by atoms with Crippen molar-refractivity contribution in [1.82, 2.24) is 61.7 Å². The van der Waals surface area contributed by atoms with Gasteiger partial charge in [0.2, 0.25) is 82.7 Å². The quantitative estimate of drug-likeness (QED) is 0.0337. The first-order valence-electron chi connectivity index (χ1n) is 27.9. The van der Waals surface area contributed by atoms with Gasteiger partial charge in [-0.15, -0.1) is 0 Å². The molecular weight excluding hydrogens is 1180 g/mol. The highest BCUT2D eigenvalue weighted by molar-refractivity contribution is 8.77. The van der Waals surface area contributed by atoms with Crippen molar-refractivity contribution in [1.29, 1.82) is 0 Å². The predicted octanol–water partition coefficient (Wildman–Crippen LogP) is -4.11. The van der Waals surface area contributed by atoms with Crippen LogP contribution in [0.25, 0.3) is 0 Å². The van der Waals surface area contributed by atoms with Crippen molar-refractivity contribution in [3.05, 3.63) is 0 Å². The first kappa shape index (κ1) is 64.9. The number of carbonyl (C=O) groups excluding carboxylic acids is 14. The number of carbonyl (C=O) groups is 14. The second-order valence-electron chi connectivity index (χ2n) is 21.1. The Bertz CT molecular complexity index is 2470. The molecule has 2 unspecified atom stereocenters. The van der Waals surface area contributed by atoms with Crippen molar-refractivity contribution < 1.29 is 67.1 Å². The van der Waals surface area contributed by atoms with Crippen LogP contribution >= 0.6 is 54.9 Å². The molecule has 10 aliphatic rings. The molecule has 0 aromatic heterocycles. The average molecular weight is 1260 g/mol.